The molecular formula is C19H22ClN3O2S2. The van der Waals surface area contributed by atoms with Crippen LogP contribution in [0.15, 0.2) is 45.6 Å². The SMILES string of the molecule is Cc1ccc(C)c(S(=O)(=O)c2cc3c(N4CCNCC4)nccc3s2)c1.Cl. The molecule has 8 heteroatoms. The van der Waals surface area contributed by atoms with Gasteiger partial charge in [-0.1, -0.05) is 12.1 Å². The average molecular weight is 424 g/mol. The van der Waals surface area contributed by atoms with Gasteiger partial charge in [0.05, 0.1) is 4.90 Å². The predicted octanol–water partition coefficient (Wildman–Crippen LogP) is 3.58. The molecule has 3 aromatic rings. The molecule has 0 radical (unpaired) electrons. The van der Waals surface area contributed by atoms with Crippen LogP contribution >= 0.6 is 23.7 Å². The second kappa shape index (κ2) is 7.75. The Morgan fingerprint density at radius 3 is 2.59 bits per heavy atom. The minimum atomic E-state index is -3.54. The highest BCUT2D eigenvalue weighted by Crippen LogP contribution is 2.37. The van der Waals surface area contributed by atoms with Gasteiger partial charge in [0.15, 0.2) is 0 Å². The molecule has 27 heavy (non-hydrogen) atoms. The minimum absolute atomic E-state index is 0. The van der Waals surface area contributed by atoms with Gasteiger partial charge < -0.3 is 10.2 Å². The van der Waals surface area contributed by atoms with Crippen LogP contribution in [0.4, 0.5) is 5.82 Å². The number of halogens is 1. The summed E-state index contributed by atoms with van der Waals surface area (Å²) >= 11 is 1.32. The van der Waals surface area contributed by atoms with Crippen molar-refractivity contribution in [3.05, 3.63) is 47.7 Å². The van der Waals surface area contributed by atoms with E-state index >= 15 is 0 Å². The van der Waals surface area contributed by atoms with Crippen LogP contribution in [-0.2, 0) is 9.84 Å². The molecule has 5 nitrogen and oxygen atoms in total. The predicted molar refractivity (Wildman–Crippen MR) is 113 cm³/mol. The van der Waals surface area contributed by atoms with E-state index in [1.165, 1.54) is 11.3 Å². The molecule has 144 valence electrons. The maximum atomic E-state index is 13.2. The van der Waals surface area contributed by atoms with Crippen molar-refractivity contribution >= 4 is 49.5 Å². The van der Waals surface area contributed by atoms with Crippen LogP contribution in [0.3, 0.4) is 0 Å². The van der Waals surface area contributed by atoms with E-state index < -0.39 is 9.84 Å². The Bertz CT molecular complexity index is 1070. The van der Waals surface area contributed by atoms with Gasteiger partial charge in [-0.3, -0.25) is 0 Å². The van der Waals surface area contributed by atoms with Crippen LogP contribution in [0.1, 0.15) is 11.1 Å². The lowest BCUT2D eigenvalue weighted by Gasteiger charge is -2.28. The second-order valence-electron chi connectivity index (χ2n) is 6.62. The van der Waals surface area contributed by atoms with Gasteiger partial charge >= 0.3 is 0 Å². The molecule has 0 atom stereocenters. The highest BCUT2D eigenvalue weighted by atomic mass is 35.5. The Morgan fingerprint density at radius 2 is 1.85 bits per heavy atom. The molecule has 1 fully saturated rings. The monoisotopic (exact) mass is 423 g/mol. The molecule has 1 aliphatic heterocycles. The zero-order valence-corrected chi connectivity index (χ0v) is 17.7. The minimum Gasteiger partial charge on any atom is -0.354 e. The van der Waals surface area contributed by atoms with Crippen molar-refractivity contribution in [2.24, 2.45) is 0 Å². The molecule has 1 aromatic carbocycles. The zero-order valence-electron chi connectivity index (χ0n) is 15.2. The van der Waals surface area contributed by atoms with E-state index in [2.05, 4.69) is 15.2 Å². The Labute approximate surface area is 169 Å². The number of sulfone groups is 1. The Hall–Kier alpha value is -1.67. The van der Waals surface area contributed by atoms with Crippen LogP contribution in [0.2, 0.25) is 0 Å². The summed E-state index contributed by atoms with van der Waals surface area (Å²) < 4.78 is 27.8. The number of hydrogen-bond donors (Lipinski definition) is 1. The van der Waals surface area contributed by atoms with Crippen molar-refractivity contribution in [1.82, 2.24) is 10.3 Å². The number of fused-ring (bicyclic) bond motifs is 1. The van der Waals surface area contributed by atoms with Gasteiger partial charge in [-0.25, -0.2) is 13.4 Å². The fourth-order valence-corrected chi connectivity index (χ4v) is 6.37. The van der Waals surface area contributed by atoms with Crippen LogP contribution in [0, 0.1) is 13.8 Å². The molecule has 1 saturated heterocycles. The highest BCUT2D eigenvalue weighted by Gasteiger charge is 2.24. The van der Waals surface area contributed by atoms with Gasteiger partial charge in [0.25, 0.3) is 0 Å². The van der Waals surface area contributed by atoms with Crippen LogP contribution < -0.4 is 10.2 Å². The molecule has 2 aromatic heterocycles. The average Bonchev–Trinajstić information content (AvgIpc) is 3.09. The summed E-state index contributed by atoms with van der Waals surface area (Å²) in [4.78, 5) is 7.15. The quantitative estimate of drug-likeness (QED) is 0.697. The van der Waals surface area contributed by atoms with E-state index in [1.54, 1.807) is 18.3 Å². The molecule has 1 aliphatic rings. The van der Waals surface area contributed by atoms with Crippen molar-refractivity contribution in [3.63, 3.8) is 0 Å². The number of piperazine rings is 1. The second-order valence-corrected chi connectivity index (χ2v) is 9.85. The summed E-state index contributed by atoms with van der Waals surface area (Å²) in [5.41, 5.74) is 1.71. The number of aryl methyl sites for hydroxylation is 2. The van der Waals surface area contributed by atoms with Gasteiger partial charge in [-0.05, 0) is 43.2 Å². The molecule has 0 spiro atoms. The summed E-state index contributed by atoms with van der Waals surface area (Å²) in [5.74, 6) is 0.877. The van der Waals surface area contributed by atoms with Crippen molar-refractivity contribution in [2.45, 2.75) is 23.0 Å². The Balaban J connectivity index is 0.00000210. The first-order chi connectivity index (χ1) is 12.5. The lowest BCUT2D eigenvalue weighted by molar-refractivity contribution is 0.586. The molecule has 0 aliphatic carbocycles. The van der Waals surface area contributed by atoms with Gasteiger partial charge in [-0.2, -0.15) is 0 Å². The summed E-state index contributed by atoms with van der Waals surface area (Å²) in [6.45, 7) is 7.33. The van der Waals surface area contributed by atoms with E-state index in [9.17, 15) is 8.42 Å². The van der Waals surface area contributed by atoms with E-state index in [4.69, 9.17) is 0 Å². The molecule has 0 unspecified atom stereocenters. The van der Waals surface area contributed by atoms with Gasteiger partial charge in [-0.15, -0.1) is 23.7 Å². The van der Waals surface area contributed by atoms with Crippen LogP contribution in [0.5, 0.6) is 0 Å². The lowest BCUT2D eigenvalue weighted by atomic mass is 10.2. The number of nitrogens with zero attached hydrogens (tertiary/aromatic N) is 2. The van der Waals surface area contributed by atoms with E-state index in [1.807, 2.05) is 32.0 Å². The number of pyridine rings is 1. The Kier molecular flexibility index (Phi) is 5.76. The third-order valence-corrected chi connectivity index (χ3v) is 8.19. The molecule has 0 saturated carbocycles. The lowest BCUT2D eigenvalue weighted by Crippen LogP contribution is -2.43. The topological polar surface area (TPSA) is 62.3 Å². The molecule has 3 heterocycles. The maximum absolute atomic E-state index is 13.2. The highest BCUT2D eigenvalue weighted by molar-refractivity contribution is 7.93. The zero-order chi connectivity index (χ0) is 18.3. The number of benzene rings is 1. The van der Waals surface area contributed by atoms with Crippen molar-refractivity contribution in [3.8, 4) is 0 Å². The standard InChI is InChI=1S/C19H21N3O2S2.ClH/c1-13-3-4-14(2)17(11-13)26(23,24)18-12-15-16(25-18)5-6-21-19(15)22-9-7-20-8-10-22;/h3-6,11-12,20H,7-10H2,1-2H3;1H. The smallest absolute Gasteiger partial charge is 0.216 e. The first-order valence-electron chi connectivity index (χ1n) is 8.63. The van der Waals surface area contributed by atoms with Gasteiger partial charge in [0.2, 0.25) is 9.84 Å². The number of nitrogens with one attached hydrogen (secondary N) is 1. The summed E-state index contributed by atoms with van der Waals surface area (Å²) in [6, 6.07) is 9.24. The molecule has 4 rings (SSSR count). The fourth-order valence-electron chi connectivity index (χ4n) is 3.29. The molecule has 0 bridgehead atoms. The van der Waals surface area contributed by atoms with Gasteiger partial charge in [0.1, 0.15) is 10.0 Å². The summed E-state index contributed by atoms with van der Waals surface area (Å²) in [6.07, 6.45) is 1.77. The number of rotatable bonds is 3. The van der Waals surface area contributed by atoms with Crippen molar-refractivity contribution < 1.29 is 8.42 Å². The van der Waals surface area contributed by atoms with Crippen LogP contribution in [-0.4, -0.2) is 39.6 Å². The number of anilines is 1. The largest absolute Gasteiger partial charge is 0.354 e. The number of aromatic nitrogens is 1. The number of hydrogen-bond acceptors (Lipinski definition) is 6. The van der Waals surface area contributed by atoms with Gasteiger partial charge in [0, 0.05) is 42.5 Å². The van der Waals surface area contributed by atoms with Crippen molar-refractivity contribution in [2.75, 3.05) is 31.1 Å². The van der Waals surface area contributed by atoms with E-state index in [0.29, 0.717) is 9.10 Å². The van der Waals surface area contributed by atoms with Crippen molar-refractivity contribution in [1.29, 1.82) is 0 Å². The molecule has 0 amide bonds. The first kappa shape index (κ1) is 20.1. The summed E-state index contributed by atoms with van der Waals surface area (Å²) in [7, 11) is -3.54. The first-order valence-corrected chi connectivity index (χ1v) is 10.9. The Morgan fingerprint density at radius 1 is 1.11 bits per heavy atom. The van der Waals surface area contributed by atoms with E-state index in [-0.39, 0.29) is 12.4 Å². The number of thiophene rings is 1. The third-order valence-electron chi connectivity index (χ3n) is 4.72. The van der Waals surface area contributed by atoms with Crippen LogP contribution in [0.25, 0.3) is 10.1 Å². The molecular weight excluding hydrogens is 402 g/mol. The van der Waals surface area contributed by atoms with E-state index in [0.717, 1.165) is 53.2 Å². The third kappa shape index (κ3) is 3.69. The maximum Gasteiger partial charge on any atom is 0.216 e. The summed E-state index contributed by atoms with van der Waals surface area (Å²) in [5, 5.41) is 4.25. The molecule has 1 N–H and O–H groups in total. The normalized spacial score (nSPS) is 15.0. The fraction of sp³-hybridized carbons (Fsp3) is 0.316.